The van der Waals surface area contributed by atoms with Gasteiger partial charge in [0.2, 0.25) is 6.54 Å². The molecule has 10 heteroatoms. The number of rotatable bonds is 7. The van der Waals surface area contributed by atoms with E-state index in [0.29, 0.717) is 0 Å². The van der Waals surface area contributed by atoms with Crippen molar-refractivity contribution in [1.82, 2.24) is 0 Å². The third-order valence-electron chi connectivity index (χ3n) is 4.80. The van der Waals surface area contributed by atoms with E-state index in [0.717, 1.165) is 12.1 Å². The molecule has 0 aliphatic heterocycles. The lowest BCUT2D eigenvalue weighted by Gasteiger charge is -2.19. The zero-order valence-electron chi connectivity index (χ0n) is 15.3. The third kappa shape index (κ3) is 5.48. The summed E-state index contributed by atoms with van der Waals surface area (Å²) >= 11 is 5.83. The van der Waals surface area contributed by atoms with Crippen molar-refractivity contribution >= 4 is 34.9 Å². The molecule has 1 aromatic carbocycles. The van der Waals surface area contributed by atoms with E-state index in [-0.39, 0.29) is 35.3 Å². The molecule has 0 radical (unpaired) electrons. The second-order valence-corrected chi connectivity index (χ2v) is 7.29. The topological polar surface area (TPSA) is 116 Å². The zero-order valence-corrected chi connectivity index (χ0v) is 16.1. The molecule has 1 amide bonds. The van der Waals surface area contributed by atoms with Gasteiger partial charge in [0.15, 0.2) is 6.10 Å². The minimum Gasteiger partial charge on any atom is -0.453 e. The van der Waals surface area contributed by atoms with Gasteiger partial charge in [-0.05, 0) is 31.0 Å². The van der Waals surface area contributed by atoms with Crippen LogP contribution in [0.4, 0.5) is 10.1 Å². The van der Waals surface area contributed by atoms with E-state index in [1.807, 2.05) is 0 Å². The quantitative estimate of drug-likeness (QED) is 0.416. The summed E-state index contributed by atoms with van der Waals surface area (Å²) in [5, 5.41) is 13.2. The number of benzene rings is 1. The summed E-state index contributed by atoms with van der Waals surface area (Å²) in [4.78, 5) is 46.7. The van der Waals surface area contributed by atoms with Crippen LogP contribution in [-0.4, -0.2) is 35.2 Å². The first-order chi connectivity index (χ1) is 13.1. The Hall–Kier alpha value is -2.55. The highest BCUT2D eigenvalue weighted by Gasteiger charge is 2.44. The van der Waals surface area contributed by atoms with E-state index < -0.39 is 47.1 Å². The Bertz CT molecular complexity index is 802. The van der Waals surface area contributed by atoms with Crippen molar-refractivity contribution in [2.45, 2.75) is 32.8 Å². The number of carbonyl (C=O) groups excluding carboxylic acids is 3. The van der Waals surface area contributed by atoms with Crippen LogP contribution in [0.15, 0.2) is 18.2 Å². The number of carbonyl (C=O) groups is 3. The number of halogens is 2. The highest BCUT2D eigenvalue weighted by Crippen LogP contribution is 2.36. The van der Waals surface area contributed by atoms with E-state index in [1.165, 1.54) is 13.0 Å². The molecular formula is C18H20ClFN2O6. The molecule has 8 nitrogen and oxygen atoms in total. The Kier molecular flexibility index (Phi) is 7.06. The number of anilines is 1. The van der Waals surface area contributed by atoms with E-state index >= 15 is 0 Å². The first-order valence-electron chi connectivity index (χ1n) is 8.68. The van der Waals surface area contributed by atoms with Crippen molar-refractivity contribution in [1.29, 1.82) is 0 Å². The summed E-state index contributed by atoms with van der Waals surface area (Å²) in [7, 11) is 0. The maximum atomic E-state index is 13.0. The number of nitro groups is 1. The second-order valence-electron chi connectivity index (χ2n) is 6.88. The van der Waals surface area contributed by atoms with Gasteiger partial charge in [-0.15, -0.1) is 0 Å². The van der Waals surface area contributed by atoms with Crippen molar-refractivity contribution in [3.8, 4) is 0 Å². The van der Waals surface area contributed by atoms with Crippen molar-refractivity contribution in [2.24, 2.45) is 17.8 Å². The van der Waals surface area contributed by atoms with Crippen LogP contribution in [0.2, 0.25) is 5.02 Å². The average Bonchev–Trinajstić information content (AvgIpc) is 2.83. The number of Topliss-reactive ketones (excluding diaryl/α,β-unsaturated/α-hetero) is 1. The summed E-state index contributed by atoms with van der Waals surface area (Å²) in [5.41, 5.74) is 0.154. The summed E-state index contributed by atoms with van der Waals surface area (Å²) in [6, 6.07) is 3.40. The Morgan fingerprint density at radius 2 is 2.14 bits per heavy atom. The maximum absolute atomic E-state index is 13.0. The van der Waals surface area contributed by atoms with Gasteiger partial charge in [-0.3, -0.25) is 24.5 Å². The number of hydrogen-bond donors (Lipinski definition) is 1. The van der Waals surface area contributed by atoms with Crippen LogP contribution in [0, 0.1) is 33.7 Å². The number of ether oxygens (including phenoxy) is 1. The zero-order chi connectivity index (χ0) is 21.0. The van der Waals surface area contributed by atoms with Gasteiger partial charge in [-0.2, -0.15) is 0 Å². The first kappa shape index (κ1) is 21.7. The Labute approximate surface area is 165 Å². The van der Waals surface area contributed by atoms with E-state index in [2.05, 4.69) is 5.32 Å². The second kappa shape index (κ2) is 9.09. The lowest BCUT2D eigenvalue weighted by molar-refractivity contribution is -0.490. The molecule has 2 rings (SSSR count). The molecule has 0 aromatic heterocycles. The fraction of sp³-hybridized carbons (Fsp3) is 0.500. The SMILES string of the molecule is C[C@H](OC(=O)C[C@H]1C(=O)C[C@@H](C)[C@H]1C[N+](=O)[O-])C(=O)Nc1ccc(F)cc1Cl. The number of amides is 1. The molecule has 152 valence electrons. The molecule has 1 N–H and O–H groups in total. The van der Waals surface area contributed by atoms with Crippen LogP contribution in [0.25, 0.3) is 0 Å². The molecule has 0 saturated heterocycles. The van der Waals surface area contributed by atoms with Crippen LogP contribution in [0.5, 0.6) is 0 Å². The smallest absolute Gasteiger partial charge is 0.307 e. The van der Waals surface area contributed by atoms with Gasteiger partial charge < -0.3 is 10.1 Å². The molecule has 0 unspecified atom stereocenters. The molecule has 0 heterocycles. The van der Waals surface area contributed by atoms with Gasteiger partial charge >= 0.3 is 5.97 Å². The predicted molar refractivity (Wildman–Crippen MR) is 97.8 cm³/mol. The standard InChI is InChI=1S/C18H20ClFN2O6/c1-9-5-16(23)12(13(9)8-22(26)27)7-17(24)28-10(2)18(25)21-15-4-3-11(20)6-14(15)19/h3-4,6,9-10,12-13H,5,7-8H2,1-2H3,(H,21,25)/t9-,10+,12-,13-/m1/s1. The maximum Gasteiger partial charge on any atom is 0.307 e. The normalized spacial score (nSPS) is 22.6. The molecule has 0 bridgehead atoms. The highest BCUT2D eigenvalue weighted by atomic mass is 35.5. The van der Waals surface area contributed by atoms with Gasteiger partial charge in [0.05, 0.1) is 17.1 Å². The van der Waals surface area contributed by atoms with E-state index in [1.54, 1.807) is 6.92 Å². The van der Waals surface area contributed by atoms with Crippen molar-refractivity contribution < 1.29 is 28.4 Å². The lowest BCUT2D eigenvalue weighted by Crippen LogP contribution is -2.32. The Balaban J connectivity index is 1.94. The fourth-order valence-corrected chi connectivity index (χ4v) is 3.52. The van der Waals surface area contributed by atoms with Gasteiger partial charge in [-0.25, -0.2) is 4.39 Å². The van der Waals surface area contributed by atoms with Crippen LogP contribution in [-0.2, 0) is 19.1 Å². The molecule has 28 heavy (non-hydrogen) atoms. The number of ketones is 1. The number of nitrogens with one attached hydrogen (secondary N) is 1. The number of hydrogen-bond acceptors (Lipinski definition) is 6. The molecule has 0 spiro atoms. The molecule has 1 saturated carbocycles. The summed E-state index contributed by atoms with van der Waals surface area (Å²) in [6.07, 6.45) is -1.34. The van der Waals surface area contributed by atoms with Gasteiger partial charge in [0.25, 0.3) is 5.91 Å². The number of nitrogens with zero attached hydrogens (tertiary/aromatic N) is 1. The highest BCUT2D eigenvalue weighted by molar-refractivity contribution is 6.33. The van der Waals surface area contributed by atoms with Gasteiger partial charge in [0, 0.05) is 23.2 Å². The lowest BCUT2D eigenvalue weighted by atomic mass is 9.88. The molecular weight excluding hydrogens is 395 g/mol. The summed E-state index contributed by atoms with van der Waals surface area (Å²) in [5.74, 6) is -3.80. The van der Waals surface area contributed by atoms with Crippen LogP contribution in [0.1, 0.15) is 26.7 Å². The summed E-state index contributed by atoms with van der Waals surface area (Å²) < 4.78 is 18.1. The van der Waals surface area contributed by atoms with Crippen LogP contribution < -0.4 is 5.32 Å². The third-order valence-corrected chi connectivity index (χ3v) is 5.11. The minimum atomic E-state index is -1.20. The van der Waals surface area contributed by atoms with Crippen molar-refractivity contribution in [3.63, 3.8) is 0 Å². The largest absolute Gasteiger partial charge is 0.453 e. The number of esters is 1. The molecule has 1 aliphatic carbocycles. The van der Waals surface area contributed by atoms with E-state index in [9.17, 15) is 28.9 Å². The molecule has 1 fully saturated rings. The molecule has 1 aliphatic rings. The van der Waals surface area contributed by atoms with E-state index in [4.69, 9.17) is 16.3 Å². The van der Waals surface area contributed by atoms with Crippen LogP contribution in [0.3, 0.4) is 0 Å². The molecule has 4 atom stereocenters. The minimum absolute atomic E-state index is 0.0139. The average molecular weight is 415 g/mol. The van der Waals surface area contributed by atoms with Crippen molar-refractivity contribution in [2.75, 3.05) is 11.9 Å². The first-order valence-corrected chi connectivity index (χ1v) is 9.06. The molecule has 1 aromatic rings. The van der Waals surface area contributed by atoms with Crippen molar-refractivity contribution in [3.05, 3.63) is 39.2 Å². The van der Waals surface area contributed by atoms with Gasteiger partial charge in [-0.1, -0.05) is 18.5 Å². The summed E-state index contributed by atoms with van der Waals surface area (Å²) in [6.45, 7) is 2.67. The van der Waals surface area contributed by atoms with Gasteiger partial charge in [0.1, 0.15) is 11.6 Å². The Morgan fingerprint density at radius 3 is 2.75 bits per heavy atom. The fourth-order valence-electron chi connectivity index (χ4n) is 3.30. The Morgan fingerprint density at radius 1 is 1.46 bits per heavy atom. The predicted octanol–water partition coefficient (Wildman–Crippen LogP) is 2.86. The monoisotopic (exact) mass is 414 g/mol. The van der Waals surface area contributed by atoms with Crippen LogP contribution >= 0.6 is 11.6 Å².